The molecule has 2 fully saturated rings. The van der Waals surface area contributed by atoms with E-state index in [4.69, 9.17) is 34.4 Å². The topological polar surface area (TPSA) is 444 Å². The SMILES string of the molecule is Cc1cc(C)c(C[C@@H]2NC(=O)[C@@H](N)CSSC[C@@H](C(=O)N3CCC[C@H]3C(=O)N[C@H](CCCCN=C(N)N)C(=O)NCC(N)=O)NC(=O)[C@H](CC(N)=O)NC(=O)[C@H](CCC(N)=O)NC(=O)[C@H](Cc3ccccc3)NC2=O)c(C)c1. The zero-order valence-corrected chi connectivity index (χ0v) is 45.6. The van der Waals surface area contributed by atoms with Gasteiger partial charge in [0.2, 0.25) is 65.0 Å². The van der Waals surface area contributed by atoms with E-state index in [1.807, 2.05) is 32.9 Å². The van der Waals surface area contributed by atoms with Crippen LogP contribution in [0.25, 0.3) is 0 Å². The highest BCUT2D eigenvalue weighted by Gasteiger charge is 2.41. The lowest BCUT2D eigenvalue weighted by atomic mass is 9.93. The number of hydrogen-bond donors (Lipinski definition) is 13. The fourth-order valence-electron chi connectivity index (χ4n) is 8.83. The summed E-state index contributed by atoms with van der Waals surface area (Å²) in [6.07, 6.45) is -0.484. The Kier molecular flexibility index (Phi) is 25.1. The van der Waals surface area contributed by atoms with E-state index in [1.165, 1.54) is 4.90 Å². The molecule has 0 radical (unpaired) electrons. The Balaban J connectivity index is 1.73. The van der Waals surface area contributed by atoms with Crippen LogP contribution in [0.2, 0.25) is 0 Å². The van der Waals surface area contributed by atoms with Crippen LogP contribution in [-0.4, -0.2) is 155 Å². The number of primary amides is 3. The first kappa shape index (κ1) is 63.1. The second-order valence-corrected chi connectivity index (χ2v) is 21.7. The Labute approximate surface area is 459 Å². The number of nitrogens with zero attached hydrogens (tertiary/aromatic N) is 2. The third-order valence-corrected chi connectivity index (χ3v) is 15.2. The monoisotopic (exact) mass is 1120 g/mol. The highest BCUT2D eigenvalue weighted by atomic mass is 33.1. The van der Waals surface area contributed by atoms with E-state index in [0.29, 0.717) is 24.8 Å². The fourth-order valence-corrected chi connectivity index (χ4v) is 11.1. The van der Waals surface area contributed by atoms with Gasteiger partial charge in [-0.2, -0.15) is 0 Å². The van der Waals surface area contributed by atoms with Gasteiger partial charge in [0.15, 0.2) is 5.96 Å². The summed E-state index contributed by atoms with van der Waals surface area (Å²) in [7, 11) is 2.06. The number of carbonyl (C=O) groups excluding carboxylic acids is 11. The molecular formula is C50H73N15O11S2. The second kappa shape index (κ2) is 31.1. The average Bonchev–Trinajstić information content (AvgIpc) is 3.87. The van der Waals surface area contributed by atoms with Gasteiger partial charge in [-0.1, -0.05) is 69.6 Å². The quantitative estimate of drug-likeness (QED) is 0.0262. The van der Waals surface area contributed by atoms with Crippen LogP contribution in [-0.2, 0) is 65.6 Å². The third kappa shape index (κ3) is 20.5. The molecule has 426 valence electrons. The molecule has 2 aliphatic rings. The molecule has 2 heterocycles. The van der Waals surface area contributed by atoms with Gasteiger partial charge in [0.05, 0.1) is 19.0 Å². The van der Waals surface area contributed by atoms with Crippen molar-refractivity contribution in [2.75, 3.05) is 31.1 Å². The molecule has 26 nitrogen and oxygen atoms in total. The molecule has 0 saturated carbocycles. The highest BCUT2D eigenvalue weighted by Crippen LogP contribution is 2.26. The molecule has 0 aromatic heterocycles. The van der Waals surface area contributed by atoms with Crippen LogP contribution in [0.4, 0.5) is 0 Å². The molecule has 8 atom stereocenters. The molecule has 2 aliphatic heterocycles. The molecule has 0 bridgehead atoms. The molecule has 19 N–H and O–H groups in total. The Hall–Kier alpha value is -7.46. The van der Waals surface area contributed by atoms with E-state index in [0.717, 1.165) is 43.8 Å². The van der Waals surface area contributed by atoms with Crippen molar-refractivity contribution in [1.82, 2.24) is 42.1 Å². The van der Waals surface area contributed by atoms with Crippen LogP contribution in [0.5, 0.6) is 0 Å². The number of nitrogens with one attached hydrogen (secondary N) is 7. The lowest BCUT2D eigenvalue weighted by Crippen LogP contribution is -2.61. The van der Waals surface area contributed by atoms with E-state index < -0.39 is 139 Å². The molecule has 0 spiro atoms. The van der Waals surface area contributed by atoms with Gasteiger partial charge >= 0.3 is 0 Å². The number of amides is 11. The molecule has 4 rings (SSSR count). The van der Waals surface area contributed by atoms with E-state index >= 15 is 0 Å². The Morgan fingerprint density at radius 3 is 1.94 bits per heavy atom. The molecule has 11 amide bonds. The first-order chi connectivity index (χ1) is 36.9. The number of carbonyl (C=O) groups is 11. The molecule has 2 saturated heterocycles. The number of guanidine groups is 1. The predicted molar refractivity (Wildman–Crippen MR) is 293 cm³/mol. The van der Waals surface area contributed by atoms with Crippen molar-refractivity contribution in [3.63, 3.8) is 0 Å². The normalized spacial score (nSPS) is 22.2. The lowest BCUT2D eigenvalue weighted by molar-refractivity contribution is -0.142. The Bertz CT molecular complexity index is 2530. The van der Waals surface area contributed by atoms with Gasteiger partial charge < -0.3 is 76.5 Å². The van der Waals surface area contributed by atoms with Gasteiger partial charge in [0, 0.05) is 43.9 Å². The molecule has 0 aliphatic carbocycles. The number of rotatable bonds is 20. The molecule has 28 heteroatoms. The summed E-state index contributed by atoms with van der Waals surface area (Å²) in [6.45, 7) is 5.39. The van der Waals surface area contributed by atoms with Gasteiger partial charge in [-0.25, -0.2) is 0 Å². The Morgan fingerprint density at radius 2 is 1.31 bits per heavy atom. The van der Waals surface area contributed by atoms with E-state index in [2.05, 4.69) is 42.2 Å². The first-order valence-corrected chi connectivity index (χ1v) is 27.8. The first-order valence-electron chi connectivity index (χ1n) is 25.3. The average molecular weight is 1120 g/mol. The minimum atomic E-state index is -1.78. The summed E-state index contributed by atoms with van der Waals surface area (Å²) >= 11 is 0. The van der Waals surface area contributed by atoms with E-state index in [9.17, 15) is 52.7 Å². The summed E-state index contributed by atoms with van der Waals surface area (Å²) in [5.41, 5.74) is 37.6. The van der Waals surface area contributed by atoms with Gasteiger partial charge in [-0.3, -0.25) is 57.7 Å². The van der Waals surface area contributed by atoms with Crippen LogP contribution >= 0.6 is 21.6 Å². The maximum Gasteiger partial charge on any atom is 0.246 e. The van der Waals surface area contributed by atoms with Crippen LogP contribution < -0.4 is 71.6 Å². The van der Waals surface area contributed by atoms with Gasteiger partial charge in [-0.15, -0.1) is 0 Å². The van der Waals surface area contributed by atoms with Crippen LogP contribution in [0.15, 0.2) is 47.5 Å². The number of aliphatic imine (C=N–C) groups is 1. The van der Waals surface area contributed by atoms with Crippen LogP contribution in [0.3, 0.4) is 0 Å². The van der Waals surface area contributed by atoms with E-state index in [-0.39, 0.29) is 56.2 Å². The number of benzene rings is 2. The molecule has 2 aromatic rings. The third-order valence-electron chi connectivity index (χ3n) is 12.8. The summed E-state index contributed by atoms with van der Waals surface area (Å²) in [4.78, 5) is 155. The zero-order chi connectivity index (χ0) is 57.6. The molecule has 2 aromatic carbocycles. The van der Waals surface area contributed by atoms with Crippen molar-refractivity contribution in [1.29, 1.82) is 0 Å². The van der Waals surface area contributed by atoms with Crippen molar-refractivity contribution in [2.45, 2.75) is 133 Å². The minimum Gasteiger partial charge on any atom is -0.370 e. The van der Waals surface area contributed by atoms with Crippen molar-refractivity contribution in [3.8, 4) is 0 Å². The number of aryl methyl sites for hydroxylation is 3. The summed E-state index contributed by atoms with van der Waals surface area (Å²) in [5, 5.41) is 18.1. The maximum absolute atomic E-state index is 14.7. The summed E-state index contributed by atoms with van der Waals surface area (Å²) in [5.74, 6) is -9.97. The van der Waals surface area contributed by atoms with Gasteiger partial charge in [0.25, 0.3) is 0 Å². The summed E-state index contributed by atoms with van der Waals surface area (Å²) in [6, 6.07) is 1.26. The number of hydrogen-bond acceptors (Lipinski definition) is 15. The van der Waals surface area contributed by atoms with Crippen molar-refractivity contribution < 1.29 is 52.7 Å². The van der Waals surface area contributed by atoms with Crippen molar-refractivity contribution in [3.05, 3.63) is 70.3 Å². The number of likely N-dealkylation sites (tertiary alicyclic amines) is 1. The largest absolute Gasteiger partial charge is 0.370 e. The lowest BCUT2D eigenvalue weighted by Gasteiger charge is -2.31. The number of unbranched alkanes of at least 4 members (excludes halogenated alkanes) is 1. The highest BCUT2D eigenvalue weighted by molar-refractivity contribution is 8.76. The van der Waals surface area contributed by atoms with Crippen molar-refractivity contribution >= 4 is 92.5 Å². The number of nitrogens with two attached hydrogens (primary N) is 6. The van der Waals surface area contributed by atoms with Gasteiger partial charge in [-0.05, 0) is 81.5 Å². The molecule has 78 heavy (non-hydrogen) atoms. The fraction of sp³-hybridized carbons (Fsp3) is 0.520. The van der Waals surface area contributed by atoms with Crippen LogP contribution in [0, 0.1) is 20.8 Å². The van der Waals surface area contributed by atoms with E-state index in [1.54, 1.807) is 30.3 Å². The molecular weight excluding hydrogens is 1050 g/mol. The van der Waals surface area contributed by atoms with Crippen molar-refractivity contribution in [2.24, 2.45) is 39.4 Å². The predicted octanol–water partition coefficient (Wildman–Crippen LogP) is -3.79. The minimum absolute atomic E-state index is 0.0163. The zero-order valence-electron chi connectivity index (χ0n) is 43.9. The summed E-state index contributed by atoms with van der Waals surface area (Å²) < 4.78 is 0. The van der Waals surface area contributed by atoms with Gasteiger partial charge in [0.1, 0.15) is 42.3 Å². The Morgan fingerprint density at radius 1 is 0.718 bits per heavy atom. The smallest absolute Gasteiger partial charge is 0.246 e. The standard InChI is InChI=1S/C50H73N15O11S2/c1-26-18-27(2)30(28(3)19-26)21-35-46(73)62-34(20-29-10-5-4-6-11-29)45(72)59-33(14-15-39(52)66)44(71)63-36(22-40(53)67)47(74)64-37(25-78-77-24-31(51)42(69)61-35)49(76)65-17-9-13-38(65)48(75)60-32(43(70)58-23-41(54)68)12-7-8-16-57-50(55)56/h4-6,10-11,18-19,31-38H,7-9,12-17,20-25,51H2,1-3H3,(H2,52,66)(H2,53,67)(H2,54,68)(H,58,70)(H,59,72)(H,60,75)(H,61,69)(H,62,73)(H,63,71)(H,64,74)(H4,55,56,57)/t31-,32+,33-,34-,35-,36-,37-,38-/m0/s1. The second-order valence-electron chi connectivity index (χ2n) is 19.2. The van der Waals surface area contributed by atoms with Crippen LogP contribution in [0.1, 0.15) is 79.2 Å². The maximum atomic E-state index is 14.7. The molecule has 0 unspecified atom stereocenters.